The van der Waals surface area contributed by atoms with Gasteiger partial charge in [0, 0.05) is 12.5 Å². The van der Waals surface area contributed by atoms with Crippen LogP contribution in [0.2, 0.25) is 0 Å². The summed E-state index contributed by atoms with van der Waals surface area (Å²) in [6.07, 6.45) is 6.46. The van der Waals surface area contributed by atoms with Crippen molar-refractivity contribution in [3.05, 3.63) is 18.3 Å². The van der Waals surface area contributed by atoms with Gasteiger partial charge in [0.2, 0.25) is 0 Å². The average Bonchev–Trinajstić information content (AvgIpc) is 2.78. The Bertz CT molecular complexity index is 522. The van der Waals surface area contributed by atoms with Gasteiger partial charge < -0.3 is 10.4 Å². The first-order valence-corrected chi connectivity index (χ1v) is 7.90. The first-order valence-electron chi connectivity index (χ1n) is 6.01. The van der Waals surface area contributed by atoms with Crippen LogP contribution in [-0.4, -0.2) is 36.9 Å². The van der Waals surface area contributed by atoms with Gasteiger partial charge in [0.1, 0.15) is 10.7 Å². The van der Waals surface area contributed by atoms with Crippen molar-refractivity contribution in [1.82, 2.24) is 4.98 Å². The largest absolute Gasteiger partial charge is 0.394 e. The summed E-state index contributed by atoms with van der Waals surface area (Å²) in [4.78, 5) is 4.29. The molecule has 1 aromatic rings. The Hall–Kier alpha value is -1.14. The van der Waals surface area contributed by atoms with Crippen LogP contribution in [0.4, 0.5) is 5.82 Å². The fourth-order valence-corrected chi connectivity index (χ4v) is 3.19. The highest BCUT2D eigenvalue weighted by Gasteiger charge is 2.34. The van der Waals surface area contributed by atoms with Gasteiger partial charge in [-0.3, -0.25) is 0 Å². The lowest BCUT2D eigenvalue weighted by Crippen LogP contribution is -2.39. The van der Waals surface area contributed by atoms with Gasteiger partial charge in [-0.25, -0.2) is 13.4 Å². The molecule has 0 unspecified atom stereocenters. The molecule has 0 amide bonds. The molecule has 0 radical (unpaired) electrons. The molecule has 0 aromatic carbocycles. The number of rotatable bonds is 4. The maximum absolute atomic E-state index is 11.7. The molecular formula is C12H18N2O3S. The molecule has 1 aliphatic carbocycles. The van der Waals surface area contributed by atoms with E-state index in [4.69, 9.17) is 0 Å². The van der Waals surface area contributed by atoms with E-state index in [1.165, 1.54) is 6.07 Å². The van der Waals surface area contributed by atoms with Crippen molar-refractivity contribution in [3.8, 4) is 0 Å². The summed E-state index contributed by atoms with van der Waals surface area (Å²) in [7, 11) is -3.32. The van der Waals surface area contributed by atoms with Gasteiger partial charge in [-0.05, 0) is 25.0 Å². The topological polar surface area (TPSA) is 79.3 Å². The highest BCUT2D eigenvalue weighted by Crippen LogP contribution is 2.33. The minimum Gasteiger partial charge on any atom is -0.394 e. The summed E-state index contributed by atoms with van der Waals surface area (Å²) >= 11 is 0. The van der Waals surface area contributed by atoms with Crippen LogP contribution in [0.3, 0.4) is 0 Å². The maximum Gasteiger partial charge on any atom is 0.179 e. The van der Waals surface area contributed by atoms with Crippen LogP contribution in [0, 0.1) is 0 Å². The van der Waals surface area contributed by atoms with Gasteiger partial charge in [-0.1, -0.05) is 12.8 Å². The van der Waals surface area contributed by atoms with Crippen molar-refractivity contribution in [2.45, 2.75) is 36.1 Å². The van der Waals surface area contributed by atoms with E-state index in [-0.39, 0.29) is 11.5 Å². The van der Waals surface area contributed by atoms with Crippen LogP contribution in [-0.2, 0) is 9.84 Å². The van der Waals surface area contributed by atoms with E-state index < -0.39 is 15.4 Å². The number of hydrogen-bond acceptors (Lipinski definition) is 5. The predicted molar refractivity (Wildman–Crippen MR) is 69.3 cm³/mol. The van der Waals surface area contributed by atoms with Gasteiger partial charge >= 0.3 is 0 Å². The molecule has 6 heteroatoms. The third-order valence-electron chi connectivity index (χ3n) is 3.42. The number of nitrogens with one attached hydrogen (secondary N) is 1. The van der Waals surface area contributed by atoms with Crippen LogP contribution in [0.1, 0.15) is 25.7 Å². The minimum absolute atomic E-state index is 0.00717. The molecule has 1 heterocycles. The Morgan fingerprint density at radius 3 is 2.67 bits per heavy atom. The van der Waals surface area contributed by atoms with Crippen LogP contribution in [0.15, 0.2) is 23.2 Å². The Morgan fingerprint density at radius 1 is 1.44 bits per heavy atom. The first kappa shape index (κ1) is 13.3. The molecule has 1 aromatic heterocycles. The van der Waals surface area contributed by atoms with Crippen molar-refractivity contribution in [1.29, 1.82) is 0 Å². The van der Waals surface area contributed by atoms with E-state index >= 15 is 0 Å². The lowest BCUT2D eigenvalue weighted by molar-refractivity contribution is 0.213. The smallest absolute Gasteiger partial charge is 0.179 e. The average molecular weight is 270 g/mol. The van der Waals surface area contributed by atoms with Crippen LogP contribution in [0.5, 0.6) is 0 Å². The quantitative estimate of drug-likeness (QED) is 0.859. The second kappa shape index (κ2) is 4.85. The van der Waals surface area contributed by atoms with Gasteiger partial charge in [0.05, 0.1) is 12.1 Å². The van der Waals surface area contributed by atoms with Gasteiger partial charge in [-0.2, -0.15) is 0 Å². The second-order valence-corrected chi connectivity index (χ2v) is 6.88. The SMILES string of the molecule is CS(=O)(=O)c1cccnc1NC1(CO)CCCC1. The molecule has 1 saturated carbocycles. The number of nitrogens with zero attached hydrogens (tertiary/aromatic N) is 1. The number of anilines is 1. The zero-order valence-corrected chi connectivity index (χ0v) is 11.2. The third-order valence-corrected chi connectivity index (χ3v) is 4.55. The highest BCUT2D eigenvalue weighted by molar-refractivity contribution is 7.90. The van der Waals surface area contributed by atoms with E-state index in [0.29, 0.717) is 5.82 Å². The Balaban J connectivity index is 2.35. The molecule has 0 bridgehead atoms. The number of aliphatic hydroxyl groups excluding tert-OH is 1. The summed E-state index contributed by atoms with van der Waals surface area (Å²) in [5, 5.41) is 12.7. The molecule has 0 aliphatic heterocycles. The minimum atomic E-state index is -3.32. The van der Waals surface area contributed by atoms with E-state index in [2.05, 4.69) is 10.3 Å². The molecule has 5 nitrogen and oxygen atoms in total. The Morgan fingerprint density at radius 2 is 2.11 bits per heavy atom. The molecule has 100 valence electrons. The van der Waals surface area contributed by atoms with Crippen molar-refractivity contribution in [3.63, 3.8) is 0 Å². The number of aromatic nitrogens is 1. The second-order valence-electron chi connectivity index (χ2n) is 4.89. The number of hydrogen-bond donors (Lipinski definition) is 2. The van der Waals surface area contributed by atoms with Crippen LogP contribution >= 0.6 is 0 Å². The van der Waals surface area contributed by atoms with Crippen LogP contribution in [0.25, 0.3) is 0 Å². The summed E-state index contributed by atoms with van der Waals surface area (Å²) in [6.45, 7) is -0.00717. The van der Waals surface area contributed by atoms with Gasteiger partial charge in [0.15, 0.2) is 9.84 Å². The highest BCUT2D eigenvalue weighted by atomic mass is 32.2. The standard InChI is InChI=1S/C12H18N2O3S/c1-18(16,17)10-5-4-8-13-11(10)14-12(9-15)6-2-3-7-12/h4-5,8,15H,2-3,6-7,9H2,1H3,(H,13,14). The molecule has 2 N–H and O–H groups in total. The summed E-state index contributed by atoms with van der Waals surface area (Å²) in [5.41, 5.74) is -0.423. The van der Waals surface area contributed by atoms with Crippen molar-refractivity contribution >= 4 is 15.7 Å². The van der Waals surface area contributed by atoms with E-state index in [1.54, 1.807) is 12.3 Å². The monoisotopic (exact) mass is 270 g/mol. The summed E-state index contributed by atoms with van der Waals surface area (Å²) in [6, 6.07) is 3.13. The van der Waals surface area contributed by atoms with Crippen molar-refractivity contribution in [2.75, 3.05) is 18.2 Å². The Labute approximate surface area is 107 Å². The number of sulfone groups is 1. The third kappa shape index (κ3) is 2.64. The molecule has 1 aliphatic rings. The molecule has 0 saturated heterocycles. The van der Waals surface area contributed by atoms with E-state index in [9.17, 15) is 13.5 Å². The molecule has 2 rings (SSSR count). The molecule has 0 atom stereocenters. The number of pyridine rings is 1. The van der Waals surface area contributed by atoms with Gasteiger partial charge in [0.25, 0.3) is 0 Å². The van der Waals surface area contributed by atoms with Crippen LogP contribution < -0.4 is 5.32 Å². The lowest BCUT2D eigenvalue weighted by atomic mass is 9.99. The summed E-state index contributed by atoms with van der Waals surface area (Å²) in [5.74, 6) is 0.343. The van der Waals surface area contributed by atoms with Crippen molar-refractivity contribution in [2.24, 2.45) is 0 Å². The van der Waals surface area contributed by atoms with Crippen molar-refractivity contribution < 1.29 is 13.5 Å². The Kier molecular flexibility index (Phi) is 3.59. The van der Waals surface area contributed by atoms with E-state index in [1.807, 2.05) is 0 Å². The van der Waals surface area contributed by atoms with E-state index in [0.717, 1.165) is 31.9 Å². The van der Waals surface area contributed by atoms with Gasteiger partial charge in [-0.15, -0.1) is 0 Å². The lowest BCUT2D eigenvalue weighted by Gasteiger charge is -2.29. The number of aliphatic hydroxyl groups is 1. The fraction of sp³-hybridized carbons (Fsp3) is 0.583. The summed E-state index contributed by atoms with van der Waals surface area (Å²) < 4.78 is 23.4. The molecule has 1 fully saturated rings. The zero-order chi connectivity index (χ0) is 13.2. The maximum atomic E-state index is 11.7. The fourth-order valence-electron chi connectivity index (χ4n) is 2.41. The molecule has 18 heavy (non-hydrogen) atoms. The molecular weight excluding hydrogens is 252 g/mol. The normalized spacial score (nSPS) is 18.8. The zero-order valence-electron chi connectivity index (χ0n) is 10.4. The first-order chi connectivity index (χ1) is 8.47. The molecule has 0 spiro atoms. The predicted octanol–water partition coefficient (Wildman–Crippen LogP) is 1.20.